The van der Waals surface area contributed by atoms with E-state index in [4.69, 9.17) is 22.3 Å². The zero-order valence-electron chi connectivity index (χ0n) is 10.3. The molecule has 98 valence electrons. The van der Waals surface area contributed by atoms with Crippen molar-refractivity contribution in [2.24, 2.45) is 0 Å². The van der Waals surface area contributed by atoms with Crippen molar-refractivity contribution in [2.75, 3.05) is 4.90 Å². The number of nitrogens with zero attached hydrogens (tertiary/aromatic N) is 2. The molecule has 3 nitrogen and oxygen atoms in total. The molecular weight excluding hydrogens is 277 g/mol. The number of hydrogen-bond acceptors (Lipinski definition) is 2. The molecular formula is C15H9ClFN3. The molecule has 1 aliphatic heterocycles. The second-order valence-corrected chi connectivity index (χ2v) is 4.92. The van der Waals surface area contributed by atoms with Gasteiger partial charge < -0.3 is 4.90 Å². The van der Waals surface area contributed by atoms with Crippen molar-refractivity contribution in [1.29, 1.82) is 10.7 Å². The Hall–Kier alpha value is -2.38. The summed E-state index contributed by atoms with van der Waals surface area (Å²) in [6.45, 7) is 0.447. The Labute approximate surface area is 120 Å². The highest BCUT2D eigenvalue weighted by atomic mass is 35.5. The maximum Gasteiger partial charge on any atom is 0.133 e. The van der Waals surface area contributed by atoms with Crippen LogP contribution in [0.5, 0.6) is 0 Å². The Bertz CT molecular complexity index is 764. The van der Waals surface area contributed by atoms with E-state index in [0.29, 0.717) is 28.4 Å². The van der Waals surface area contributed by atoms with E-state index in [-0.39, 0.29) is 11.7 Å². The molecule has 5 heteroatoms. The van der Waals surface area contributed by atoms with Gasteiger partial charge in [-0.1, -0.05) is 17.7 Å². The number of anilines is 1. The minimum absolute atomic E-state index is 0.191. The first-order chi connectivity index (χ1) is 9.60. The van der Waals surface area contributed by atoms with E-state index in [1.54, 1.807) is 29.2 Å². The summed E-state index contributed by atoms with van der Waals surface area (Å²) in [4.78, 5) is 1.67. The second kappa shape index (κ2) is 4.62. The van der Waals surface area contributed by atoms with Gasteiger partial charge in [0.05, 0.1) is 28.9 Å². The Kier molecular flexibility index (Phi) is 2.92. The highest BCUT2D eigenvalue weighted by Gasteiger charge is 2.27. The van der Waals surface area contributed by atoms with E-state index >= 15 is 0 Å². The standard InChI is InChI=1S/C15H9ClFN3/c16-13-4-1-9(7-18)5-14(13)20-8-10-2-3-11(17)6-12(10)15(20)19/h1-6,19H,8H2. The van der Waals surface area contributed by atoms with Gasteiger partial charge in [0.15, 0.2) is 0 Å². The van der Waals surface area contributed by atoms with Crippen LogP contribution < -0.4 is 4.90 Å². The first kappa shape index (κ1) is 12.6. The quantitative estimate of drug-likeness (QED) is 0.868. The molecule has 0 saturated heterocycles. The number of rotatable bonds is 1. The van der Waals surface area contributed by atoms with Gasteiger partial charge in [0, 0.05) is 5.56 Å². The number of benzene rings is 2. The number of nitrogens with one attached hydrogen (secondary N) is 1. The second-order valence-electron chi connectivity index (χ2n) is 4.51. The highest BCUT2D eigenvalue weighted by molar-refractivity contribution is 6.34. The van der Waals surface area contributed by atoms with Gasteiger partial charge in [-0.15, -0.1) is 0 Å². The van der Waals surface area contributed by atoms with Crippen LogP contribution in [-0.4, -0.2) is 5.84 Å². The van der Waals surface area contributed by atoms with Crippen molar-refractivity contribution >= 4 is 23.1 Å². The lowest BCUT2D eigenvalue weighted by molar-refractivity contribution is 0.627. The Morgan fingerprint density at radius 2 is 2.05 bits per heavy atom. The molecule has 0 atom stereocenters. The summed E-state index contributed by atoms with van der Waals surface area (Å²) in [5, 5.41) is 17.6. The highest BCUT2D eigenvalue weighted by Crippen LogP contribution is 2.34. The molecule has 3 rings (SSSR count). The Morgan fingerprint density at radius 1 is 1.25 bits per heavy atom. The van der Waals surface area contributed by atoms with E-state index in [1.807, 2.05) is 6.07 Å². The molecule has 1 aliphatic rings. The summed E-state index contributed by atoms with van der Waals surface area (Å²) >= 11 is 6.15. The van der Waals surface area contributed by atoms with Crippen LogP contribution in [0.4, 0.5) is 10.1 Å². The van der Waals surface area contributed by atoms with Crippen LogP contribution in [-0.2, 0) is 6.54 Å². The fourth-order valence-electron chi connectivity index (χ4n) is 2.30. The maximum atomic E-state index is 13.3. The molecule has 0 aliphatic carbocycles. The van der Waals surface area contributed by atoms with Gasteiger partial charge in [0.2, 0.25) is 0 Å². The van der Waals surface area contributed by atoms with Crippen molar-refractivity contribution in [2.45, 2.75) is 6.54 Å². The van der Waals surface area contributed by atoms with Crippen LogP contribution in [0.3, 0.4) is 0 Å². The fraction of sp³-hybridized carbons (Fsp3) is 0.0667. The molecule has 0 spiro atoms. The van der Waals surface area contributed by atoms with Gasteiger partial charge in [0.1, 0.15) is 11.7 Å². The first-order valence-electron chi connectivity index (χ1n) is 5.94. The van der Waals surface area contributed by atoms with Crippen molar-refractivity contribution < 1.29 is 4.39 Å². The zero-order valence-corrected chi connectivity index (χ0v) is 11.1. The molecule has 0 unspecified atom stereocenters. The van der Waals surface area contributed by atoms with Gasteiger partial charge in [0.25, 0.3) is 0 Å². The molecule has 20 heavy (non-hydrogen) atoms. The smallest absolute Gasteiger partial charge is 0.133 e. The predicted octanol–water partition coefficient (Wildman–Crippen LogP) is 3.70. The summed E-state index contributed by atoms with van der Waals surface area (Å²) in [6, 6.07) is 11.3. The van der Waals surface area contributed by atoms with Crippen LogP contribution in [0.2, 0.25) is 5.02 Å². The lowest BCUT2D eigenvalue weighted by Gasteiger charge is -2.19. The van der Waals surface area contributed by atoms with Crippen molar-refractivity contribution in [3.8, 4) is 6.07 Å². The molecule has 1 heterocycles. The number of hydrogen-bond donors (Lipinski definition) is 1. The molecule has 2 aromatic rings. The van der Waals surface area contributed by atoms with Crippen LogP contribution in [0.1, 0.15) is 16.7 Å². The summed E-state index contributed by atoms with van der Waals surface area (Å²) in [5.74, 6) is -0.177. The molecule has 0 aromatic heterocycles. The molecule has 0 saturated carbocycles. The van der Waals surface area contributed by atoms with Gasteiger partial charge >= 0.3 is 0 Å². The fourth-order valence-corrected chi connectivity index (χ4v) is 2.52. The average molecular weight is 286 g/mol. The molecule has 0 amide bonds. The lowest BCUT2D eigenvalue weighted by Crippen LogP contribution is -2.23. The van der Waals surface area contributed by atoms with Crippen LogP contribution in [0, 0.1) is 22.6 Å². The number of fused-ring (bicyclic) bond motifs is 1. The zero-order chi connectivity index (χ0) is 14.3. The van der Waals surface area contributed by atoms with E-state index < -0.39 is 0 Å². The number of halogens is 2. The lowest BCUT2D eigenvalue weighted by atomic mass is 10.1. The minimum atomic E-state index is -0.368. The maximum absolute atomic E-state index is 13.3. The van der Waals surface area contributed by atoms with Crippen LogP contribution >= 0.6 is 11.6 Å². The molecule has 0 bridgehead atoms. The minimum Gasteiger partial charge on any atom is -0.320 e. The van der Waals surface area contributed by atoms with Crippen molar-refractivity contribution in [3.05, 3.63) is 63.9 Å². The van der Waals surface area contributed by atoms with Gasteiger partial charge in [-0.2, -0.15) is 5.26 Å². The van der Waals surface area contributed by atoms with E-state index in [0.717, 1.165) is 5.56 Å². The van der Waals surface area contributed by atoms with Crippen molar-refractivity contribution in [3.63, 3.8) is 0 Å². The number of nitriles is 1. The van der Waals surface area contributed by atoms with Crippen molar-refractivity contribution in [1.82, 2.24) is 0 Å². The predicted molar refractivity (Wildman–Crippen MR) is 75.6 cm³/mol. The van der Waals surface area contributed by atoms with Gasteiger partial charge in [-0.3, -0.25) is 5.41 Å². The summed E-state index contributed by atoms with van der Waals surface area (Å²) in [7, 11) is 0. The molecule has 0 fully saturated rings. The Balaban J connectivity index is 2.07. The summed E-state index contributed by atoms with van der Waals surface area (Å²) in [6.07, 6.45) is 0. The molecule has 2 aromatic carbocycles. The monoisotopic (exact) mass is 285 g/mol. The normalized spacial score (nSPS) is 13.2. The number of amidine groups is 1. The third kappa shape index (κ3) is 1.93. The van der Waals surface area contributed by atoms with E-state index in [1.165, 1.54) is 12.1 Å². The molecule has 0 radical (unpaired) electrons. The first-order valence-corrected chi connectivity index (χ1v) is 6.32. The SMILES string of the molecule is N#Cc1ccc(Cl)c(N2Cc3ccc(F)cc3C2=N)c1. The summed E-state index contributed by atoms with van der Waals surface area (Å²) < 4.78 is 13.3. The molecule has 1 N–H and O–H groups in total. The van der Waals surface area contributed by atoms with Crippen LogP contribution in [0.15, 0.2) is 36.4 Å². The topological polar surface area (TPSA) is 50.9 Å². The van der Waals surface area contributed by atoms with E-state index in [9.17, 15) is 4.39 Å². The largest absolute Gasteiger partial charge is 0.320 e. The average Bonchev–Trinajstić information content (AvgIpc) is 2.77. The van der Waals surface area contributed by atoms with E-state index in [2.05, 4.69) is 0 Å². The van der Waals surface area contributed by atoms with Gasteiger partial charge in [-0.25, -0.2) is 4.39 Å². The Morgan fingerprint density at radius 3 is 2.80 bits per heavy atom. The third-order valence-corrected chi connectivity index (χ3v) is 3.61. The third-order valence-electron chi connectivity index (χ3n) is 3.29. The summed E-state index contributed by atoms with van der Waals surface area (Å²) in [5.41, 5.74) is 2.49. The van der Waals surface area contributed by atoms with Gasteiger partial charge in [-0.05, 0) is 35.9 Å². The van der Waals surface area contributed by atoms with Crippen LogP contribution in [0.25, 0.3) is 0 Å².